The Labute approximate surface area is 172 Å². The fourth-order valence-corrected chi connectivity index (χ4v) is 3.98. The molecule has 1 unspecified atom stereocenters. The van der Waals surface area contributed by atoms with Gasteiger partial charge in [0.05, 0.1) is 6.54 Å². The van der Waals surface area contributed by atoms with E-state index in [9.17, 15) is 13.2 Å². The van der Waals surface area contributed by atoms with Crippen LogP contribution in [0, 0.1) is 5.92 Å². The molecule has 0 saturated carbocycles. The van der Waals surface area contributed by atoms with Crippen molar-refractivity contribution in [3.05, 3.63) is 11.6 Å². The molecule has 0 radical (unpaired) electrons. The van der Waals surface area contributed by atoms with Gasteiger partial charge in [-0.25, -0.2) is 4.98 Å². The Morgan fingerprint density at radius 2 is 2.00 bits per heavy atom. The van der Waals surface area contributed by atoms with Crippen molar-refractivity contribution in [3.8, 4) is 0 Å². The summed E-state index contributed by atoms with van der Waals surface area (Å²) in [6.45, 7) is 3.81. The largest absolute Gasteiger partial charge is 0.401 e. The summed E-state index contributed by atoms with van der Waals surface area (Å²) in [6, 6.07) is 0. The van der Waals surface area contributed by atoms with Crippen LogP contribution >= 0.6 is 35.3 Å². The number of aromatic nitrogens is 1. The van der Waals surface area contributed by atoms with E-state index in [0.29, 0.717) is 25.6 Å². The first kappa shape index (κ1) is 21.5. The summed E-state index contributed by atoms with van der Waals surface area (Å²) in [7, 11) is 0. The van der Waals surface area contributed by atoms with Crippen molar-refractivity contribution in [2.45, 2.75) is 12.6 Å². The third-order valence-electron chi connectivity index (χ3n) is 4.58. The number of alkyl halides is 3. The molecule has 1 atom stereocenters. The number of aliphatic imine (C=N–C) groups is 1. The Morgan fingerprint density at radius 1 is 1.27 bits per heavy atom. The van der Waals surface area contributed by atoms with Gasteiger partial charge >= 0.3 is 6.18 Å². The fraction of sp³-hybridized carbons (Fsp3) is 0.733. The third-order valence-corrected chi connectivity index (χ3v) is 5.41. The Hall–Kier alpha value is -0.820. The highest BCUT2D eigenvalue weighted by Gasteiger charge is 2.34. The number of hydrogen-bond acceptors (Lipinski definition) is 5. The Balaban J connectivity index is 0.00000243. The van der Waals surface area contributed by atoms with E-state index in [4.69, 9.17) is 5.73 Å². The number of guanidine groups is 1. The van der Waals surface area contributed by atoms with Crippen molar-refractivity contribution in [3.63, 3.8) is 0 Å². The molecule has 2 N–H and O–H groups in total. The van der Waals surface area contributed by atoms with Gasteiger partial charge in [-0.1, -0.05) is 0 Å². The lowest BCUT2D eigenvalue weighted by atomic mass is 10.1. The van der Waals surface area contributed by atoms with Gasteiger partial charge in [-0.05, 0) is 18.9 Å². The van der Waals surface area contributed by atoms with E-state index < -0.39 is 12.7 Å². The summed E-state index contributed by atoms with van der Waals surface area (Å²) in [5.41, 5.74) is 6.08. The van der Waals surface area contributed by atoms with Crippen LogP contribution in [0.5, 0.6) is 0 Å². The molecule has 11 heteroatoms. The van der Waals surface area contributed by atoms with Gasteiger partial charge < -0.3 is 15.5 Å². The van der Waals surface area contributed by atoms with Gasteiger partial charge in [0.25, 0.3) is 0 Å². The average Bonchev–Trinajstić information content (AvgIpc) is 3.23. The van der Waals surface area contributed by atoms with Gasteiger partial charge in [0, 0.05) is 50.8 Å². The minimum atomic E-state index is -4.13. The zero-order valence-corrected chi connectivity index (χ0v) is 17.5. The van der Waals surface area contributed by atoms with Crippen molar-refractivity contribution in [2.24, 2.45) is 16.6 Å². The average molecular weight is 504 g/mol. The van der Waals surface area contributed by atoms with E-state index in [-0.39, 0.29) is 29.9 Å². The standard InChI is InChI=1S/C15H23F3N6S.HI/c16-15(17,18)11-22-3-1-12(10-22)9-21-13(19)23-4-6-24(7-5-23)14-20-2-8-25-14;/h2,8,12H,1,3-7,9-11H2,(H2,19,21);1H. The number of piperazine rings is 1. The highest BCUT2D eigenvalue weighted by Crippen LogP contribution is 2.23. The highest BCUT2D eigenvalue weighted by atomic mass is 127. The SMILES string of the molecule is I.NC(=NCC1CCN(CC(F)(F)F)C1)N1CCN(c2nccs2)CC1. The minimum Gasteiger partial charge on any atom is -0.370 e. The van der Waals surface area contributed by atoms with Crippen LogP contribution in [-0.4, -0.2) is 79.3 Å². The Kier molecular flexibility index (Phi) is 7.76. The number of nitrogens with two attached hydrogens (primary N) is 1. The zero-order chi connectivity index (χ0) is 17.9. The second-order valence-corrected chi connectivity index (χ2v) is 7.37. The predicted octanol–water partition coefficient (Wildman–Crippen LogP) is 2.08. The topological polar surface area (TPSA) is 61.0 Å². The van der Waals surface area contributed by atoms with Crippen LogP contribution in [0.25, 0.3) is 0 Å². The molecule has 0 aliphatic carbocycles. The van der Waals surface area contributed by atoms with Crippen LogP contribution < -0.4 is 10.6 Å². The minimum absolute atomic E-state index is 0. The molecule has 6 nitrogen and oxygen atoms in total. The third kappa shape index (κ3) is 6.12. The summed E-state index contributed by atoms with van der Waals surface area (Å²) in [6.07, 6.45) is -1.59. The first-order chi connectivity index (χ1) is 11.9. The predicted molar refractivity (Wildman–Crippen MR) is 108 cm³/mol. The summed E-state index contributed by atoms with van der Waals surface area (Å²) < 4.78 is 37.3. The fourth-order valence-electron chi connectivity index (χ4n) is 3.28. The molecule has 2 saturated heterocycles. The van der Waals surface area contributed by atoms with Crippen molar-refractivity contribution in [2.75, 3.05) is 57.3 Å². The molecule has 2 aliphatic heterocycles. The van der Waals surface area contributed by atoms with E-state index in [1.54, 1.807) is 17.5 Å². The lowest BCUT2D eigenvalue weighted by molar-refractivity contribution is -0.143. The molecule has 1 aromatic heterocycles. The van der Waals surface area contributed by atoms with Crippen molar-refractivity contribution in [1.82, 2.24) is 14.8 Å². The quantitative estimate of drug-likeness (QED) is 0.387. The number of thiazole rings is 1. The van der Waals surface area contributed by atoms with E-state index in [2.05, 4.69) is 14.9 Å². The molecule has 1 aromatic rings. The lowest BCUT2D eigenvalue weighted by Gasteiger charge is -2.35. The molecular formula is C15H24F3IN6S. The number of likely N-dealkylation sites (tertiary alicyclic amines) is 1. The first-order valence-corrected chi connectivity index (χ1v) is 9.27. The molecule has 148 valence electrons. The Bertz CT molecular complexity index is 574. The normalized spacial score (nSPS) is 22.6. The van der Waals surface area contributed by atoms with Crippen LogP contribution in [0.3, 0.4) is 0 Å². The van der Waals surface area contributed by atoms with Crippen LogP contribution in [-0.2, 0) is 0 Å². The molecule has 2 aliphatic rings. The van der Waals surface area contributed by atoms with E-state index in [0.717, 1.165) is 37.7 Å². The molecule has 3 heterocycles. The van der Waals surface area contributed by atoms with Crippen LogP contribution in [0.4, 0.5) is 18.3 Å². The second-order valence-electron chi connectivity index (χ2n) is 6.49. The number of nitrogens with zero attached hydrogens (tertiary/aromatic N) is 5. The van der Waals surface area contributed by atoms with Crippen LogP contribution in [0.2, 0.25) is 0 Å². The number of hydrogen-bond donors (Lipinski definition) is 1. The summed E-state index contributed by atoms with van der Waals surface area (Å²) in [4.78, 5) is 14.4. The smallest absolute Gasteiger partial charge is 0.370 e. The van der Waals surface area contributed by atoms with Gasteiger partial charge in [0.1, 0.15) is 0 Å². The second kappa shape index (κ2) is 9.40. The highest BCUT2D eigenvalue weighted by molar-refractivity contribution is 14.0. The van der Waals surface area contributed by atoms with Crippen molar-refractivity contribution in [1.29, 1.82) is 0 Å². The molecule has 2 fully saturated rings. The van der Waals surface area contributed by atoms with Gasteiger partial charge in [0.2, 0.25) is 0 Å². The molecule has 0 amide bonds. The van der Waals surface area contributed by atoms with Gasteiger partial charge in [-0.15, -0.1) is 35.3 Å². The van der Waals surface area contributed by atoms with Crippen LogP contribution in [0.15, 0.2) is 16.6 Å². The van der Waals surface area contributed by atoms with Crippen molar-refractivity contribution >= 4 is 46.4 Å². The number of rotatable bonds is 4. The maximum absolute atomic E-state index is 12.4. The van der Waals surface area contributed by atoms with E-state index >= 15 is 0 Å². The Morgan fingerprint density at radius 3 is 2.62 bits per heavy atom. The van der Waals surface area contributed by atoms with Gasteiger partial charge in [-0.3, -0.25) is 9.89 Å². The maximum atomic E-state index is 12.4. The number of anilines is 1. The summed E-state index contributed by atoms with van der Waals surface area (Å²) in [5, 5.41) is 2.98. The lowest BCUT2D eigenvalue weighted by Crippen LogP contribution is -2.51. The molecule has 0 aromatic carbocycles. The molecule has 0 spiro atoms. The summed E-state index contributed by atoms with van der Waals surface area (Å²) in [5.74, 6) is 0.644. The van der Waals surface area contributed by atoms with Crippen molar-refractivity contribution < 1.29 is 13.2 Å². The van der Waals surface area contributed by atoms with E-state index in [1.807, 2.05) is 10.3 Å². The van der Waals surface area contributed by atoms with Gasteiger partial charge in [-0.2, -0.15) is 13.2 Å². The molecule has 26 heavy (non-hydrogen) atoms. The van der Waals surface area contributed by atoms with Crippen LogP contribution in [0.1, 0.15) is 6.42 Å². The first-order valence-electron chi connectivity index (χ1n) is 8.39. The maximum Gasteiger partial charge on any atom is 0.401 e. The molecular weight excluding hydrogens is 480 g/mol. The van der Waals surface area contributed by atoms with E-state index in [1.165, 1.54) is 4.90 Å². The molecule has 0 bridgehead atoms. The zero-order valence-electron chi connectivity index (χ0n) is 14.4. The molecule has 3 rings (SSSR count). The van der Waals surface area contributed by atoms with Gasteiger partial charge in [0.15, 0.2) is 11.1 Å². The summed E-state index contributed by atoms with van der Waals surface area (Å²) >= 11 is 1.62. The monoisotopic (exact) mass is 504 g/mol. The number of halogens is 4.